The number of nitrogens with two attached hydrogens (primary N) is 1. The Kier molecular flexibility index (Phi) is 3.97. The average molecular weight is 273 g/mol. The van der Waals surface area contributed by atoms with Crippen molar-refractivity contribution in [2.75, 3.05) is 18.0 Å². The van der Waals surface area contributed by atoms with E-state index in [0.717, 1.165) is 29.9 Å². The normalized spacial score (nSPS) is 26.4. The molecule has 2 N–H and O–H groups in total. The molecule has 1 saturated heterocycles. The third kappa shape index (κ3) is 2.56. The highest BCUT2D eigenvalue weighted by Gasteiger charge is 2.32. The van der Waals surface area contributed by atoms with E-state index < -0.39 is 0 Å². The summed E-state index contributed by atoms with van der Waals surface area (Å²) in [6.45, 7) is 7.19. The van der Waals surface area contributed by atoms with Crippen LogP contribution in [0.4, 0.5) is 5.82 Å². The molecule has 1 saturated carbocycles. The third-order valence-electron chi connectivity index (χ3n) is 5.25. The Morgan fingerprint density at radius 2 is 1.95 bits per heavy atom. The number of piperidine rings is 1. The number of hydrogen-bond acceptors (Lipinski definition) is 3. The number of rotatable bonds is 2. The average Bonchev–Trinajstić information content (AvgIpc) is 2.46. The van der Waals surface area contributed by atoms with Crippen molar-refractivity contribution in [1.29, 1.82) is 0 Å². The van der Waals surface area contributed by atoms with Gasteiger partial charge in [0, 0.05) is 30.9 Å². The molecule has 1 aliphatic heterocycles. The Hall–Kier alpha value is -1.09. The van der Waals surface area contributed by atoms with Crippen molar-refractivity contribution in [1.82, 2.24) is 4.98 Å². The highest BCUT2D eigenvalue weighted by atomic mass is 15.2. The molecular formula is C17H27N3. The summed E-state index contributed by atoms with van der Waals surface area (Å²) in [6, 6.07) is 2.15. The number of anilines is 1. The highest BCUT2D eigenvalue weighted by Crippen LogP contribution is 2.38. The molecule has 2 atom stereocenters. The molecule has 0 bridgehead atoms. The van der Waals surface area contributed by atoms with Crippen molar-refractivity contribution in [3.05, 3.63) is 22.9 Å². The fraction of sp³-hybridized carbons (Fsp3) is 0.706. The van der Waals surface area contributed by atoms with E-state index in [0.29, 0.717) is 6.54 Å². The van der Waals surface area contributed by atoms with Gasteiger partial charge in [0.05, 0.1) is 0 Å². The first kappa shape index (κ1) is 13.9. The summed E-state index contributed by atoms with van der Waals surface area (Å²) in [5.41, 5.74) is 9.62. The lowest BCUT2D eigenvalue weighted by Crippen LogP contribution is -2.42. The molecule has 3 rings (SSSR count). The van der Waals surface area contributed by atoms with Crippen LogP contribution < -0.4 is 10.6 Å². The van der Waals surface area contributed by atoms with Gasteiger partial charge in [-0.2, -0.15) is 0 Å². The lowest BCUT2D eigenvalue weighted by atomic mass is 9.75. The SMILES string of the molecule is Cc1cc(C)c(CN)c(N2CCC3CCCCC3C2)n1. The van der Waals surface area contributed by atoms with Gasteiger partial charge >= 0.3 is 0 Å². The summed E-state index contributed by atoms with van der Waals surface area (Å²) in [4.78, 5) is 7.32. The Morgan fingerprint density at radius 1 is 1.20 bits per heavy atom. The van der Waals surface area contributed by atoms with E-state index in [1.54, 1.807) is 0 Å². The summed E-state index contributed by atoms with van der Waals surface area (Å²) in [6.07, 6.45) is 7.05. The van der Waals surface area contributed by atoms with E-state index in [4.69, 9.17) is 10.7 Å². The van der Waals surface area contributed by atoms with Crippen LogP contribution in [0.5, 0.6) is 0 Å². The maximum absolute atomic E-state index is 5.97. The van der Waals surface area contributed by atoms with E-state index in [1.165, 1.54) is 49.8 Å². The molecule has 0 radical (unpaired) electrons. The van der Waals surface area contributed by atoms with E-state index in [-0.39, 0.29) is 0 Å². The number of nitrogens with zero attached hydrogens (tertiary/aromatic N) is 2. The predicted octanol–water partition coefficient (Wildman–Crippen LogP) is 3.17. The van der Waals surface area contributed by atoms with Crippen LogP contribution in [0.15, 0.2) is 6.07 Å². The Morgan fingerprint density at radius 3 is 2.70 bits per heavy atom. The minimum absolute atomic E-state index is 0.596. The van der Waals surface area contributed by atoms with Crippen molar-refractivity contribution < 1.29 is 0 Å². The Labute approximate surface area is 122 Å². The molecule has 3 heteroatoms. The number of pyridine rings is 1. The molecule has 0 spiro atoms. The number of hydrogen-bond donors (Lipinski definition) is 1. The molecule has 110 valence electrons. The lowest BCUT2D eigenvalue weighted by Gasteiger charge is -2.42. The molecule has 2 heterocycles. The Balaban J connectivity index is 1.86. The maximum atomic E-state index is 5.97. The fourth-order valence-electron chi connectivity index (χ4n) is 4.15. The highest BCUT2D eigenvalue weighted by molar-refractivity contribution is 5.52. The molecule has 0 aromatic carbocycles. The maximum Gasteiger partial charge on any atom is 0.133 e. The summed E-state index contributed by atoms with van der Waals surface area (Å²) >= 11 is 0. The second-order valence-corrected chi connectivity index (χ2v) is 6.63. The van der Waals surface area contributed by atoms with Gasteiger partial charge in [0.25, 0.3) is 0 Å². The summed E-state index contributed by atoms with van der Waals surface area (Å²) in [5, 5.41) is 0. The number of aromatic nitrogens is 1. The van der Waals surface area contributed by atoms with Crippen molar-refractivity contribution >= 4 is 5.82 Å². The largest absolute Gasteiger partial charge is 0.356 e. The number of fused-ring (bicyclic) bond motifs is 1. The van der Waals surface area contributed by atoms with Crippen LogP contribution in [0.2, 0.25) is 0 Å². The van der Waals surface area contributed by atoms with Crippen LogP contribution in [0.3, 0.4) is 0 Å². The van der Waals surface area contributed by atoms with Crippen LogP contribution in [0.25, 0.3) is 0 Å². The van der Waals surface area contributed by atoms with Gasteiger partial charge in [0.1, 0.15) is 5.82 Å². The summed E-state index contributed by atoms with van der Waals surface area (Å²) < 4.78 is 0. The monoisotopic (exact) mass is 273 g/mol. The van der Waals surface area contributed by atoms with Gasteiger partial charge in [-0.3, -0.25) is 0 Å². The van der Waals surface area contributed by atoms with Crippen LogP contribution in [0, 0.1) is 25.7 Å². The second kappa shape index (κ2) is 5.72. The standard InChI is InChI=1S/C17H27N3/c1-12-9-13(2)19-17(16(12)10-18)20-8-7-14-5-3-4-6-15(14)11-20/h9,14-15H,3-8,10-11,18H2,1-2H3. The molecule has 2 aliphatic rings. The molecule has 2 unspecified atom stereocenters. The zero-order valence-electron chi connectivity index (χ0n) is 12.9. The molecule has 2 fully saturated rings. The molecule has 1 aromatic rings. The van der Waals surface area contributed by atoms with Crippen molar-refractivity contribution in [2.45, 2.75) is 52.5 Å². The summed E-state index contributed by atoms with van der Waals surface area (Å²) in [5.74, 6) is 3.01. The van der Waals surface area contributed by atoms with Crippen molar-refractivity contribution in [2.24, 2.45) is 17.6 Å². The molecule has 3 nitrogen and oxygen atoms in total. The van der Waals surface area contributed by atoms with E-state index in [1.807, 2.05) is 0 Å². The van der Waals surface area contributed by atoms with Gasteiger partial charge in [-0.25, -0.2) is 4.98 Å². The Bertz CT molecular complexity index is 483. The van der Waals surface area contributed by atoms with E-state index >= 15 is 0 Å². The van der Waals surface area contributed by atoms with E-state index in [9.17, 15) is 0 Å². The third-order valence-corrected chi connectivity index (χ3v) is 5.25. The molecule has 20 heavy (non-hydrogen) atoms. The van der Waals surface area contributed by atoms with Gasteiger partial charge in [0.15, 0.2) is 0 Å². The van der Waals surface area contributed by atoms with Gasteiger partial charge in [-0.05, 0) is 50.2 Å². The van der Waals surface area contributed by atoms with Crippen LogP contribution >= 0.6 is 0 Å². The zero-order chi connectivity index (χ0) is 14.1. The van der Waals surface area contributed by atoms with Gasteiger partial charge < -0.3 is 10.6 Å². The molecule has 1 aromatic heterocycles. The van der Waals surface area contributed by atoms with Crippen LogP contribution in [-0.4, -0.2) is 18.1 Å². The van der Waals surface area contributed by atoms with E-state index in [2.05, 4.69) is 24.8 Å². The van der Waals surface area contributed by atoms with Gasteiger partial charge in [-0.15, -0.1) is 0 Å². The number of aryl methyl sites for hydroxylation is 2. The van der Waals surface area contributed by atoms with Crippen molar-refractivity contribution in [3.63, 3.8) is 0 Å². The minimum atomic E-state index is 0.596. The van der Waals surface area contributed by atoms with Gasteiger partial charge in [-0.1, -0.05) is 19.3 Å². The van der Waals surface area contributed by atoms with Gasteiger partial charge in [0.2, 0.25) is 0 Å². The predicted molar refractivity (Wildman–Crippen MR) is 83.9 cm³/mol. The first-order valence-corrected chi connectivity index (χ1v) is 8.11. The van der Waals surface area contributed by atoms with Crippen LogP contribution in [-0.2, 0) is 6.54 Å². The zero-order valence-corrected chi connectivity index (χ0v) is 12.9. The summed E-state index contributed by atoms with van der Waals surface area (Å²) in [7, 11) is 0. The molecule has 0 amide bonds. The lowest BCUT2D eigenvalue weighted by molar-refractivity contribution is 0.202. The quantitative estimate of drug-likeness (QED) is 0.900. The molecule has 1 aliphatic carbocycles. The first-order chi connectivity index (χ1) is 9.69. The first-order valence-electron chi connectivity index (χ1n) is 8.11. The molecular weight excluding hydrogens is 246 g/mol. The smallest absolute Gasteiger partial charge is 0.133 e. The van der Waals surface area contributed by atoms with Crippen molar-refractivity contribution in [3.8, 4) is 0 Å². The topological polar surface area (TPSA) is 42.1 Å². The second-order valence-electron chi connectivity index (χ2n) is 6.63. The minimum Gasteiger partial charge on any atom is -0.356 e. The van der Waals surface area contributed by atoms with Crippen LogP contribution in [0.1, 0.15) is 48.9 Å². The fourth-order valence-corrected chi connectivity index (χ4v) is 4.15.